The Balaban J connectivity index is 3.43. The van der Waals surface area contributed by atoms with Crippen LogP contribution >= 0.6 is 11.6 Å². The van der Waals surface area contributed by atoms with E-state index >= 15 is 0 Å². The smallest absolute Gasteiger partial charge is 0.404 e. The maximum absolute atomic E-state index is 12.5. The van der Waals surface area contributed by atoms with Gasteiger partial charge in [0.25, 0.3) is 6.43 Å². The summed E-state index contributed by atoms with van der Waals surface area (Å²) in [6.07, 6.45) is -8.03. The minimum atomic E-state index is -5.20. The number of aromatic nitrogens is 1. The van der Waals surface area contributed by atoms with Gasteiger partial charge in [-0.05, 0) is 0 Å². The van der Waals surface area contributed by atoms with Gasteiger partial charge < -0.3 is 4.74 Å². The summed E-state index contributed by atoms with van der Waals surface area (Å²) in [5.74, 6) is -1.68. The largest absolute Gasteiger partial charge is 0.573 e. The lowest BCUT2D eigenvalue weighted by Crippen LogP contribution is -2.20. The Hall–Kier alpha value is -1.44. The van der Waals surface area contributed by atoms with Crippen molar-refractivity contribution in [2.24, 2.45) is 0 Å². The summed E-state index contributed by atoms with van der Waals surface area (Å²) in [4.78, 5) is 14.1. The molecule has 0 aliphatic carbocycles. The summed E-state index contributed by atoms with van der Waals surface area (Å²) >= 11 is 5.34. The predicted octanol–water partition coefficient (Wildman–Crippen LogP) is 3.47. The molecule has 100 valence electrons. The first-order valence-electron chi connectivity index (χ1n) is 4.37. The summed E-state index contributed by atoms with van der Waals surface area (Å²) in [7, 11) is 0. The van der Waals surface area contributed by atoms with Crippen LogP contribution in [0.5, 0.6) is 5.75 Å². The van der Waals surface area contributed by atoms with Crippen molar-refractivity contribution in [2.45, 2.75) is 18.7 Å². The molecule has 0 spiro atoms. The summed E-state index contributed by atoms with van der Waals surface area (Å²) in [5.41, 5.74) is -2.13. The highest BCUT2D eigenvalue weighted by atomic mass is 35.5. The van der Waals surface area contributed by atoms with E-state index in [0.29, 0.717) is 6.20 Å². The van der Waals surface area contributed by atoms with Crippen molar-refractivity contribution in [1.29, 1.82) is 0 Å². The van der Waals surface area contributed by atoms with Gasteiger partial charge in [-0.2, -0.15) is 0 Å². The van der Waals surface area contributed by atoms with Gasteiger partial charge >= 0.3 is 6.36 Å². The van der Waals surface area contributed by atoms with E-state index < -0.39 is 35.5 Å². The molecule has 0 aromatic carbocycles. The molecule has 0 unspecified atom stereocenters. The van der Waals surface area contributed by atoms with Gasteiger partial charge in [0.2, 0.25) is 0 Å². The van der Waals surface area contributed by atoms with Gasteiger partial charge in [-0.3, -0.25) is 9.78 Å². The number of pyridine rings is 1. The molecular formula is C9H5ClF5NO2. The van der Waals surface area contributed by atoms with E-state index in [9.17, 15) is 26.7 Å². The van der Waals surface area contributed by atoms with Gasteiger partial charge in [-0.1, -0.05) is 0 Å². The maximum Gasteiger partial charge on any atom is 0.573 e. The number of alkyl halides is 6. The van der Waals surface area contributed by atoms with Crippen molar-refractivity contribution in [2.75, 3.05) is 0 Å². The molecule has 0 aliphatic heterocycles. The Morgan fingerprint density at radius 2 is 2.06 bits per heavy atom. The molecule has 0 amide bonds. The van der Waals surface area contributed by atoms with Gasteiger partial charge in [-0.25, -0.2) is 8.78 Å². The van der Waals surface area contributed by atoms with Gasteiger partial charge in [0.05, 0.1) is 22.7 Å². The molecule has 0 fully saturated rings. The fourth-order valence-corrected chi connectivity index (χ4v) is 1.39. The van der Waals surface area contributed by atoms with Crippen molar-refractivity contribution < 1.29 is 31.5 Å². The topological polar surface area (TPSA) is 39.2 Å². The van der Waals surface area contributed by atoms with Crippen molar-refractivity contribution in [3.05, 3.63) is 23.0 Å². The zero-order valence-corrected chi connectivity index (χ0v) is 9.23. The molecule has 3 nitrogen and oxygen atoms in total. The first-order chi connectivity index (χ1) is 8.30. The molecule has 0 aliphatic rings. The molecule has 1 aromatic heterocycles. The average molecular weight is 290 g/mol. The fraction of sp³-hybridized carbons (Fsp3) is 0.333. The number of nitrogens with zero attached hydrogens (tertiary/aromatic N) is 1. The molecule has 0 saturated carbocycles. The Labute approximate surface area is 103 Å². The molecule has 1 rings (SSSR count). The maximum atomic E-state index is 12.5. The van der Waals surface area contributed by atoms with Crippen molar-refractivity contribution in [1.82, 2.24) is 4.98 Å². The molecule has 9 heteroatoms. The molecule has 18 heavy (non-hydrogen) atoms. The monoisotopic (exact) mass is 289 g/mol. The summed E-state index contributed by atoms with van der Waals surface area (Å²) in [5, 5.41) is 0. The highest BCUT2D eigenvalue weighted by Gasteiger charge is 2.35. The second-order valence-electron chi connectivity index (χ2n) is 3.00. The lowest BCUT2D eigenvalue weighted by Gasteiger charge is -2.15. The number of hydrogen-bond acceptors (Lipinski definition) is 3. The van der Waals surface area contributed by atoms with E-state index in [-0.39, 0.29) is 12.0 Å². The van der Waals surface area contributed by atoms with Crippen LogP contribution in [0.3, 0.4) is 0 Å². The van der Waals surface area contributed by atoms with Crippen LogP contribution < -0.4 is 4.74 Å². The number of carbonyl (C=O) groups is 1. The third-order valence-corrected chi connectivity index (χ3v) is 2.13. The van der Waals surface area contributed by atoms with Crippen molar-refractivity contribution in [3.8, 4) is 5.75 Å². The Morgan fingerprint density at radius 1 is 1.44 bits per heavy atom. The van der Waals surface area contributed by atoms with Gasteiger partial charge in [0, 0.05) is 6.20 Å². The van der Waals surface area contributed by atoms with E-state index in [0.717, 1.165) is 0 Å². The van der Waals surface area contributed by atoms with E-state index in [4.69, 9.17) is 11.6 Å². The molecule has 0 bridgehead atoms. The highest BCUT2D eigenvalue weighted by molar-refractivity contribution is 6.17. The van der Waals surface area contributed by atoms with Crippen molar-refractivity contribution >= 4 is 17.9 Å². The average Bonchev–Trinajstić information content (AvgIpc) is 2.25. The van der Waals surface area contributed by atoms with Gasteiger partial charge in [-0.15, -0.1) is 24.8 Å². The SMILES string of the molecule is O=Cc1c(CCl)ncc(C(F)F)c1OC(F)(F)F. The van der Waals surface area contributed by atoms with Crippen LogP contribution in [0.2, 0.25) is 0 Å². The van der Waals surface area contributed by atoms with Gasteiger partial charge in [0.15, 0.2) is 12.0 Å². The number of carbonyl (C=O) groups excluding carboxylic acids is 1. The number of hydrogen-bond donors (Lipinski definition) is 0. The summed E-state index contributed by atoms with van der Waals surface area (Å²) in [6, 6.07) is 0. The molecule has 0 atom stereocenters. The standard InChI is InChI=1S/C9H5ClF5NO2/c10-1-6-5(3-17)7(18-9(13,14)15)4(2-16-6)8(11)12/h2-3,8H,1H2. The van der Waals surface area contributed by atoms with E-state index in [2.05, 4.69) is 9.72 Å². The van der Waals surface area contributed by atoms with E-state index in [1.54, 1.807) is 0 Å². The van der Waals surface area contributed by atoms with Crippen LogP contribution in [0.4, 0.5) is 22.0 Å². The summed E-state index contributed by atoms with van der Waals surface area (Å²) in [6.45, 7) is 0. The predicted molar refractivity (Wildman–Crippen MR) is 50.8 cm³/mol. The van der Waals surface area contributed by atoms with Crippen molar-refractivity contribution in [3.63, 3.8) is 0 Å². The van der Waals surface area contributed by atoms with Gasteiger partial charge in [0.1, 0.15) is 0 Å². The first-order valence-corrected chi connectivity index (χ1v) is 4.90. The first kappa shape index (κ1) is 14.6. The normalized spacial score (nSPS) is 11.7. The number of halogens is 6. The molecule has 1 aromatic rings. The third kappa shape index (κ3) is 3.28. The molecular weight excluding hydrogens is 285 g/mol. The number of aldehydes is 1. The van der Waals surface area contributed by atoms with Crippen LogP contribution in [0.25, 0.3) is 0 Å². The zero-order valence-electron chi connectivity index (χ0n) is 8.47. The molecule has 1 heterocycles. The Bertz CT molecular complexity index is 449. The minimum Gasteiger partial charge on any atom is -0.404 e. The minimum absolute atomic E-state index is 0.0579. The molecule has 0 radical (unpaired) electrons. The second kappa shape index (κ2) is 5.47. The Morgan fingerprint density at radius 3 is 2.44 bits per heavy atom. The van der Waals surface area contributed by atoms with Crippen LogP contribution in [0.1, 0.15) is 28.0 Å². The van der Waals surface area contributed by atoms with Crippen LogP contribution in [-0.2, 0) is 5.88 Å². The highest BCUT2D eigenvalue weighted by Crippen LogP contribution is 2.36. The third-order valence-electron chi connectivity index (χ3n) is 1.87. The van der Waals surface area contributed by atoms with Crippen LogP contribution in [-0.4, -0.2) is 17.6 Å². The van der Waals surface area contributed by atoms with Crippen LogP contribution in [0, 0.1) is 0 Å². The number of ether oxygens (including phenoxy) is 1. The Kier molecular flexibility index (Phi) is 4.44. The quantitative estimate of drug-likeness (QED) is 0.484. The van der Waals surface area contributed by atoms with E-state index in [1.165, 1.54) is 0 Å². The molecule has 0 saturated heterocycles. The number of rotatable bonds is 4. The zero-order chi connectivity index (χ0) is 13.9. The van der Waals surface area contributed by atoms with E-state index in [1.807, 2.05) is 0 Å². The lowest BCUT2D eigenvalue weighted by molar-refractivity contribution is -0.275. The fourth-order valence-electron chi connectivity index (χ4n) is 1.18. The lowest BCUT2D eigenvalue weighted by atomic mass is 10.1. The van der Waals surface area contributed by atoms with Crippen LogP contribution in [0.15, 0.2) is 6.20 Å². The molecule has 0 N–H and O–H groups in total. The second-order valence-corrected chi connectivity index (χ2v) is 3.27. The summed E-state index contributed by atoms with van der Waals surface area (Å²) < 4.78 is 64.8.